The van der Waals surface area contributed by atoms with Crippen molar-refractivity contribution < 1.29 is 17.9 Å². The summed E-state index contributed by atoms with van der Waals surface area (Å²) in [5.41, 5.74) is 0.550. The van der Waals surface area contributed by atoms with E-state index in [1.165, 1.54) is 4.31 Å². The van der Waals surface area contributed by atoms with E-state index in [9.17, 15) is 13.2 Å². The molecule has 1 aromatic rings. The SMILES string of the molecule is CCOc1ccc(N(CCNC(=O)CC(C)C)S(C)(=O)=O)cc1. The molecule has 130 valence electrons. The van der Waals surface area contributed by atoms with E-state index in [0.29, 0.717) is 24.5 Å². The highest BCUT2D eigenvalue weighted by Crippen LogP contribution is 2.21. The van der Waals surface area contributed by atoms with E-state index in [0.717, 1.165) is 6.26 Å². The largest absolute Gasteiger partial charge is 0.494 e. The molecule has 1 amide bonds. The zero-order valence-corrected chi connectivity index (χ0v) is 15.0. The number of rotatable bonds is 9. The van der Waals surface area contributed by atoms with Gasteiger partial charge in [-0.1, -0.05) is 13.8 Å². The molecule has 0 aliphatic carbocycles. The lowest BCUT2D eigenvalue weighted by atomic mass is 10.1. The molecule has 23 heavy (non-hydrogen) atoms. The van der Waals surface area contributed by atoms with Crippen molar-refractivity contribution in [3.8, 4) is 5.75 Å². The molecule has 1 aromatic carbocycles. The molecule has 0 aromatic heterocycles. The number of hydrogen-bond donors (Lipinski definition) is 1. The summed E-state index contributed by atoms with van der Waals surface area (Å²) in [5, 5.41) is 2.75. The second-order valence-corrected chi connectivity index (χ2v) is 7.62. The Bertz CT molecular complexity index is 597. The lowest BCUT2D eigenvalue weighted by Gasteiger charge is -2.23. The van der Waals surface area contributed by atoms with Crippen molar-refractivity contribution in [1.82, 2.24) is 5.32 Å². The van der Waals surface area contributed by atoms with E-state index in [1.54, 1.807) is 24.3 Å². The van der Waals surface area contributed by atoms with Gasteiger partial charge in [0.2, 0.25) is 15.9 Å². The Labute approximate surface area is 138 Å². The highest BCUT2D eigenvalue weighted by atomic mass is 32.2. The molecule has 0 bridgehead atoms. The Hall–Kier alpha value is -1.76. The highest BCUT2D eigenvalue weighted by Gasteiger charge is 2.17. The van der Waals surface area contributed by atoms with Crippen molar-refractivity contribution in [1.29, 1.82) is 0 Å². The van der Waals surface area contributed by atoms with E-state index in [2.05, 4.69) is 5.32 Å². The van der Waals surface area contributed by atoms with Crippen LogP contribution in [-0.2, 0) is 14.8 Å². The Morgan fingerprint density at radius 2 is 1.87 bits per heavy atom. The van der Waals surface area contributed by atoms with Gasteiger partial charge in [-0.15, -0.1) is 0 Å². The molecule has 1 rings (SSSR count). The second kappa shape index (κ2) is 8.76. The number of ether oxygens (including phenoxy) is 1. The van der Waals surface area contributed by atoms with Crippen molar-refractivity contribution in [2.24, 2.45) is 5.92 Å². The first kappa shape index (κ1) is 19.3. The molecule has 1 N–H and O–H groups in total. The molecule has 0 spiro atoms. The summed E-state index contributed by atoms with van der Waals surface area (Å²) in [6.45, 7) is 6.82. The van der Waals surface area contributed by atoms with E-state index in [4.69, 9.17) is 4.74 Å². The molecule has 0 heterocycles. The molecule has 0 saturated carbocycles. The van der Waals surface area contributed by atoms with Gasteiger partial charge >= 0.3 is 0 Å². The van der Waals surface area contributed by atoms with Gasteiger partial charge in [0.1, 0.15) is 5.75 Å². The molecule has 0 aliphatic heterocycles. The van der Waals surface area contributed by atoms with Crippen LogP contribution in [0.15, 0.2) is 24.3 Å². The first-order valence-corrected chi connectivity index (χ1v) is 9.56. The maximum Gasteiger partial charge on any atom is 0.232 e. The number of anilines is 1. The van der Waals surface area contributed by atoms with Crippen molar-refractivity contribution >= 4 is 21.6 Å². The fourth-order valence-corrected chi connectivity index (χ4v) is 3.03. The summed E-state index contributed by atoms with van der Waals surface area (Å²) < 4.78 is 30.6. The molecule has 0 aliphatic rings. The predicted molar refractivity (Wildman–Crippen MR) is 92.3 cm³/mol. The minimum atomic E-state index is -3.42. The summed E-state index contributed by atoms with van der Waals surface area (Å²) in [5.74, 6) is 0.891. The Morgan fingerprint density at radius 3 is 2.35 bits per heavy atom. The Kier molecular flexibility index (Phi) is 7.35. The van der Waals surface area contributed by atoms with Gasteiger partial charge in [0.05, 0.1) is 25.1 Å². The minimum Gasteiger partial charge on any atom is -0.494 e. The molecule has 7 heteroatoms. The van der Waals surface area contributed by atoms with E-state index < -0.39 is 10.0 Å². The summed E-state index contributed by atoms with van der Waals surface area (Å²) in [4.78, 5) is 11.6. The summed E-state index contributed by atoms with van der Waals surface area (Å²) in [7, 11) is -3.42. The number of benzene rings is 1. The maximum atomic E-state index is 12.0. The van der Waals surface area contributed by atoms with Gasteiger partial charge in [0, 0.05) is 13.0 Å². The van der Waals surface area contributed by atoms with Crippen molar-refractivity contribution in [3.63, 3.8) is 0 Å². The minimum absolute atomic E-state index is 0.0693. The van der Waals surface area contributed by atoms with Crippen LogP contribution in [0, 0.1) is 5.92 Å². The maximum absolute atomic E-state index is 12.0. The number of nitrogens with one attached hydrogen (secondary N) is 1. The van der Waals surface area contributed by atoms with Gasteiger partial charge in [-0.3, -0.25) is 9.10 Å². The molecular formula is C16H26N2O4S. The zero-order valence-electron chi connectivity index (χ0n) is 14.2. The van der Waals surface area contributed by atoms with Gasteiger partial charge in [-0.2, -0.15) is 0 Å². The fourth-order valence-electron chi connectivity index (χ4n) is 2.10. The smallest absolute Gasteiger partial charge is 0.232 e. The zero-order chi connectivity index (χ0) is 17.5. The van der Waals surface area contributed by atoms with Gasteiger partial charge in [-0.25, -0.2) is 8.42 Å². The topological polar surface area (TPSA) is 75.7 Å². The molecule has 6 nitrogen and oxygen atoms in total. The van der Waals surface area contributed by atoms with Crippen LogP contribution in [0.25, 0.3) is 0 Å². The highest BCUT2D eigenvalue weighted by molar-refractivity contribution is 7.92. The normalized spacial score (nSPS) is 11.3. The quantitative estimate of drug-likeness (QED) is 0.745. The number of carbonyl (C=O) groups is 1. The average molecular weight is 342 g/mol. The van der Waals surface area contributed by atoms with Crippen molar-refractivity contribution in [3.05, 3.63) is 24.3 Å². The van der Waals surface area contributed by atoms with Gasteiger partial charge in [0.25, 0.3) is 0 Å². The first-order valence-electron chi connectivity index (χ1n) is 7.71. The standard InChI is InChI=1S/C16H26N2O4S/c1-5-22-15-8-6-14(7-9-15)18(23(4,20)21)11-10-17-16(19)12-13(2)3/h6-9,13H,5,10-12H2,1-4H3,(H,17,19). The van der Waals surface area contributed by atoms with Gasteiger partial charge in [0.15, 0.2) is 0 Å². The van der Waals surface area contributed by atoms with Crippen LogP contribution in [0.4, 0.5) is 5.69 Å². The third-order valence-corrected chi connectivity index (χ3v) is 4.26. The molecule has 0 fully saturated rings. The first-order chi connectivity index (χ1) is 10.7. The number of hydrogen-bond acceptors (Lipinski definition) is 4. The Morgan fingerprint density at radius 1 is 1.26 bits per heavy atom. The second-order valence-electron chi connectivity index (χ2n) is 5.71. The van der Waals surface area contributed by atoms with Crippen molar-refractivity contribution in [2.75, 3.05) is 30.3 Å². The van der Waals surface area contributed by atoms with Crippen LogP contribution in [-0.4, -0.2) is 40.3 Å². The summed E-state index contributed by atoms with van der Waals surface area (Å²) in [6, 6.07) is 6.85. The monoisotopic (exact) mass is 342 g/mol. The summed E-state index contributed by atoms with van der Waals surface area (Å²) >= 11 is 0. The van der Waals surface area contributed by atoms with Crippen LogP contribution in [0.5, 0.6) is 5.75 Å². The van der Waals surface area contributed by atoms with E-state index in [1.807, 2.05) is 20.8 Å². The average Bonchev–Trinajstić information content (AvgIpc) is 2.43. The third-order valence-electron chi connectivity index (χ3n) is 3.07. The summed E-state index contributed by atoms with van der Waals surface area (Å²) in [6.07, 6.45) is 1.58. The molecular weight excluding hydrogens is 316 g/mol. The number of sulfonamides is 1. The lowest BCUT2D eigenvalue weighted by Crippen LogP contribution is -2.38. The van der Waals surface area contributed by atoms with E-state index >= 15 is 0 Å². The lowest BCUT2D eigenvalue weighted by molar-refractivity contribution is -0.121. The van der Waals surface area contributed by atoms with Crippen LogP contribution in [0.2, 0.25) is 0 Å². The van der Waals surface area contributed by atoms with Crippen LogP contribution >= 0.6 is 0 Å². The van der Waals surface area contributed by atoms with Crippen molar-refractivity contribution in [2.45, 2.75) is 27.2 Å². The Balaban J connectivity index is 2.72. The molecule has 0 radical (unpaired) electrons. The fraction of sp³-hybridized carbons (Fsp3) is 0.562. The molecule has 0 saturated heterocycles. The number of nitrogens with zero attached hydrogens (tertiary/aromatic N) is 1. The van der Waals surface area contributed by atoms with Gasteiger partial charge in [-0.05, 0) is 37.1 Å². The molecule has 0 atom stereocenters. The molecule has 0 unspecified atom stereocenters. The van der Waals surface area contributed by atoms with E-state index in [-0.39, 0.29) is 24.9 Å². The predicted octanol–water partition coefficient (Wildman–Crippen LogP) is 2.01. The van der Waals surface area contributed by atoms with Crippen LogP contribution in [0.3, 0.4) is 0 Å². The van der Waals surface area contributed by atoms with Crippen LogP contribution in [0.1, 0.15) is 27.2 Å². The number of carbonyl (C=O) groups excluding carboxylic acids is 1. The van der Waals surface area contributed by atoms with Gasteiger partial charge < -0.3 is 10.1 Å². The van der Waals surface area contributed by atoms with Crippen LogP contribution < -0.4 is 14.4 Å². The third kappa shape index (κ3) is 6.90. The number of amides is 1.